The van der Waals surface area contributed by atoms with Crippen LogP contribution in [0.25, 0.3) is 11.0 Å². The predicted molar refractivity (Wildman–Crippen MR) is 80.0 cm³/mol. The van der Waals surface area contributed by atoms with Crippen LogP contribution in [0.4, 0.5) is 0 Å². The lowest BCUT2D eigenvalue weighted by atomic mass is 10.3. The van der Waals surface area contributed by atoms with Crippen LogP contribution in [0, 0.1) is 6.92 Å². The van der Waals surface area contributed by atoms with Crippen LogP contribution in [0.5, 0.6) is 0 Å². The Morgan fingerprint density at radius 3 is 2.90 bits per heavy atom. The highest BCUT2D eigenvalue weighted by Crippen LogP contribution is 2.22. The Morgan fingerprint density at radius 1 is 1.35 bits per heavy atom. The zero-order chi connectivity index (χ0) is 14.1. The highest BCUT2D eigenvalue weighted by atomic mass is 79.9. The number of halogens is 2. The van der Waals surface area contributed by atoms with Gasteiger partial charge in [-0.25, -0.2) is 4.98 Å². The van der Waals surface area contributed by atoms with Gasteiger partial charge in [0.1, 0.15) is 5.82 Å². The van der Waals surface area contributed by atoms with Gasteiger partial charge >= 0.3 is 0 Å². The summed E-state index contributed by atoms with van der Waals surface area (Å²) in [4.78, 5) is 8.86. The molecule has 0 N–H and O–H groups in total. The van der Waals surface area contributed by atoms with Gasteiger partial charge in [0, 0.05) is 23.7 Å². The summed E-state index contributed by atoms with van der Waals surface area (Å²) in [6.45, 7) is 2.30. The van der Waals surface area contributed by atoms with Crippen LogP contribution >= 0.6 is 27.5 Å². The van der Waals surface area contributed by atoms with Gasteiger partial charge in [-0.15, -0.1) is 11.6 Å². The number of aryl methyl sites for hydroxylation is 2. The summed E-state index contributed by atoms with van der Waals surface area (Å²) in [5, 5.41) is 3.94. The average molecular weight is 356 g/mol. The first-order chi connectivity index (χ1) is 9.67. The number of imidazole rings is 1. The Bertz CT molecular complexity index is 752. The van der Waals surface area contributed by atoms with Gasteiger partial charge in [-0.3, -0.25) is 0 Å². The van der Waals surface area contributed by atoms with Crippen molar-refractivity contribution < 1.29 is 4.52 Å². The number of hydrogen-bond donors (Lipinski definition) is 0. The van der Waals surface area contributed by atoms with Gasteiger partial charge in [0.2, 0.25) is 5.89 Å². The van der Waals surface area contributed by atoms with Crippen LogP contribution in [-0.2, 0) is 13.0 Å². The minimum atomic E-state index is 0.524. The molecule has 0 fully saturated rings. The van der Waals surface area contributed by atoms with Crippen molar-refractivity contribution in [2.45, 2.75) is 19.9 Å². The van der Waals surface area contributed by atoms with Gasteiger partial charge in [0.05, 0.1) is 17.6 Å². The average Bonchev–Trinajstić information content (AvgIpc) is 2.96. The van der Waals surface area contributed by atoms with Gasteiger partial charge in [-0.05, 0) is 18.2 Å². The van der Waals surface area contributed by atoms with Crippen molar-refractivity contribution in [2.24, 2.45) is 0 Å². The molecule has 2 heterocycles. The monoisotopic (exact) mass is 354 g/mol. The largest absolute Gasteiger partial charge is 0.340 e. The molecule has 0 atom stereocenters. The number of fused-ring (bicyclic) bond motifs is 1. The van der Waals surface area contributed by atoms with Crippen molar-refractivity contribution in [3.63, 3.8) is 0 Å². The second-order valence-electron chi connectivity index (χ2n) is 4.42. The highest BCUT2D eigenvalue weighted by molar-refractivity contribution is 9.10. The quantitative estimate of drug-likeness (QED) is 0.674. The fourth-order valence-corrected chi connectivity index (χ4v) is 2.66. The van der Waals surface area contributed by atoms with Gasteiger partial charge < -0.3 is 9.09 Å². The van der Waals surface area contributed by atoms with E-state index in [-0.39, 0.29) is 0 Å². The zero-order valence-corrected chi connectivity index (χ0v) is 13.1. The minimum Gasteiger partial charge on any atom is -0.340 e. The lowest BCUT2D eigenvalue weighted by Crippen LogP contribution is -2.07. The minimum absolute atomic E-state index is 0.524. The van der Waals surface area contributed by atoms with Crippen LogP contribution in [0.3, 0.4) is 0 Å². The zero-order valence-electron chi connectivity index (χ0n) is 10.8. The summed E-state index contributed by atoms with van der Waals surface area (Å²) >= 11 is 9.35. The summed E-state index contributed by atoms with van der Waals surface area (Å²) in [5.74, 6) is 2.65. The van der Waals surface area contributed by atoms with Crippen molar-refractivity contribution in [1.29, 1.82) is 0 Å². The Balaban J connectivity index is 2.09. The Morgan fingerprint density at radius 2 is 2.20 bits per heavy atom. The van der Waals surface area contributed by atoms with Crippen molar-refractivity contribution in [2.75, 3.05) is 5.88 Å². The molecule has 0 saturated carbocycles. The molecule has 0 amide bonds. The number of aromatic nitrogens is 4. The van der Waals surface area contributed by atoms with E-state index in [0.717, 1.165) is 21.3 Å². The number of nitrogens with zero attached hydrogens (tertiary/aromatic N) is 4. The smallest absolute Gasteiger partial charge is 0.223 e. The van der Waals surface area contributed by atoms with E-state index < -0.39 is 0 Å². The number of benzene rings is 1. The van der Waals surface area contributed by atoms with Gasteiger partial charge in [-0.2, -0.15) is 4.98 Å². The SMILES string of the molecule is Cc1nc(Cn2c(CCCl)nc3ccc(Br)cc32)no1. The molecule has 0 spiro atoms. The second kappa shape index (κ2) is 5.54. The van der Waals surface area contributed by atoms with Crippen LogP contribution in [0.15, 0.2) is 27.2 Å². The first-order valence-electron chi connectivity index (χ1n) is 6.17. The lowest BCUT2D eigenvalue weighted by molar-refractivity contribution is 0.386. The second-order valence-corrected chi connectivity index (χ2v) is 5.71. The Hall–Kier alpha value is -1.40. The molecule has 2 aromatic heterocycles. The third-order valence-corrected chi connectivity index (χ3v) is 3.66. The van der Waals surface area contributed by atoms with Crippen molar-refractivity contribution in [3.8, 4) is 0 Å². The molecule has 0 radical (unpaired) electrons. The fraction of sp³-hybridized carbons (Fsp3) is 0.308. The van der Waals surface area contributed by atoms with E-state index >= 15 is 0 Å². The molecule has 3 aromatic rings. The normalized spacial score (nSPS) is 11.3. The molecule has 0 unspecified atom stereocenters. The standard InChI is InChI=1S/C13H12BrClN4O/c1-8-16-12(18-20-8)7-19-11-6-9(14)2-3-10(11)17-13(19)4-5-15/h2-3,6H,4-5,7H2,1H3. The molecule has 5 nitrogen and oxygen atoms in total. The summed E-state index contributed by atoms with van der Waals surface area (Å²) in [6, 6.07) is 5.99. The molecule has 7 heteroatoms. The first-order valence-corrected chi connectivity index (χ1v) is 7.50. The summed E-state index contributed by atoms with van der Waals surface area (Å²) < 4.78 is 8.10. The molecule has 20 heavy (non-hydrogen) atoms. The van der Waals surface area contributed by atoms with E-state index in [0.29, 0.717) is 30.6 Å². The molecule has 0 aliphatic heterocycles. The van der Waals surface area contributed by atoms with E-state index in [4.69, 9.17) is 16.1 Å². The fourth-order valence-electron chi connectivity index (χ4n) is 2.14. The van der Waals surface area contributed by atoms with Crippen LogP contribution in [0.1, 0.15) is 17.5 Å². The molecule has 0 bridgehead atoms. The van der Waals surface area contributed by atoms with Gasteiger partial charge in [0.25, 0.3) is 0 Å². The van der Waals surface area contributed by atoms with Crippen molar-refractivity contribution in [3.05, 3.63) is 40.2 Å². The predicted octanol–water partition coefficient (Wildman–Crippen LogP) is 3.32. The molecular formula is C13H12BrClN4O. The lowest BCUT2D eigenvalue weighted by Gasteiger charge is -2.05. The highest BCUT2D eigenvalue weighted by Gasteiger charge is 2.13. The first kappa shape index (κ1) is 13.6. The number of rotatable bonds is 4. The Labute approximate surface area is 129 Å². The molecule has 104 valence electrons. The van der Waals surface area contributed by atoms with E-state index in [9.17, 15) is 0 Å². The number of hydrogen-bond acceptors (Lipinski definition) is 4. The van der Waals surface area contributed by atoms with E-state index in [1.54, 1.807) is 6.92 Å². The van der Waals surface area contributed by atoms with Crippen molar-refractivity contribution in [1.82, 2.24) is 19.7 Å². The van der Waals surface area contributed by atoms with Crippen molar-refractivity contribution >= 4 is 38.6 Å². The molecule has 1 aromatic carbocycles. The molecule has 3 rings (SSSR count). The van der Waals surface area contributed by atoms with E-state index in [2.05, 4.69) is 35.6 Å². The third-order valence-electron chi connectivity index (χ3n) is 2.98. The number of alkyl halides is 1. The van der Waals surface area contributed by atoms with Gasteiger partial charge in [0.15, 0.2) is 5.82 Å². The topological polar surface area (TPSA) is 56.7 Å². The summed E-state index contributed by atoms with van der Waals surface area (Å²) in [5.41, 5.74) is 1.97. The molecule has 0 saturated heterocycles. The maximum atomic E-state index is 5.86. The van der Waals surface area contributed by atoms with Gasteiger partial charge in [-0.1, -0.05) is 21.1 Å². The third kappa shape index (κ3) is 2.58. The van der Waals surface area contributed by atoms with E-state index in [1.807, 2.05) is 18.2 Å². The van der Waals surface area contributed by atoms with Crippen LogP contribution in [0.2, 0.25) is 0 Å². The molecule has 0 aliphatic rings. The molecule has 0 aliphatic carbocycles. The van der Waals surface area contributed by atoms with Crippen LogP contribution in [-0.4, -0.2) is 25.6 Å². The summed E-state index contributed by atoms with van der Waals surface area (Å²) in [6.07, 6.45) is 0.699. The maximum Gasteiger partial charge on any atom is 0.223 e. The summed E-state index contributed by atoms with van der Waals surface area (Å²) in [7, 11) is 0. The maximum absolute atomic E-state index is 5.86. The molecular weight excluding hydrogens is 344 g/mol. The Kier molecular flexibility index (Phi) is 3.76. The van der Waals surface area contributed by atoms with E-state index in [1.165, 1.54) is 0 Å². The van der Waals surface area contributed by atoms with Crippen LogP contribution < -0.4 is 0 Å².